The maximum absolute atomic E-state index is 9.26. The van der Waals surface area contributed by atoms with Crippen molar-refractivity contribution in [1.29, 1.82) is 0 Å². The van der Waals surface area contributed by atoms with Gasteiger partial charge in [-0.2, -0.15) is 0 Å². The molecule has 12 heteroatoms. The van der Waals surface area contributed by atoms with Gasteiger partial charge in [-0.15, -0.1) is 0 Å². The van der Waals surface area contributed by atoms with Crippen LogP contribution < -0.4 is 34.5 Å². The zero-order chi connectivity index (χ0) is 9.65. The molecule has 0 aliphatic heterocycles. The van der Waals surface area contributed by atoms with Crippen LogP contribution in [0, 0.1) is 0 Å². The summed E-state index contributed by atoms with van der Waals surface area (Å²) in [7, 11) is -10.1. The van der Waals surface area contributed by atoms with E-state index in [9.17, 15) is 8.42 Å². The number of rotatable bonds is 1. The van der Waals surface area contributed by atoms with Crippen LogP contribution in [0.4, 0.5) is 0 Å². The molecule has 0 saturated carbocycles. The molecule has 0 aromatic rings. The Morgan fingerprint density at radius 1 is 1.08 bits per heavy atom. The van der Waals surface area contributed by atoms with Crippen LogP contribution in [0.25, 0.3) is 0 Å². The molecule has 0 aliphatic carbocycles. The molecular weight excluding hydrogens is 246 g/mol. The Bertz CT molecular complexity index is 173. The van der Waals surface area contributed by atoms with Gasteiger partial charge in [0.05, 0.1) is 0 Å². The van der Waals surface area contributed by atoms with Crippen molar-refractivity contribution in [1.82, 2.24) is 0 Å². The zero-order valence-corrected chi connectivity index (χ0v) is 10.2. The van der Waals surface area contributed by atoms with E-state index >= 15 is 0 Å². The van der Waals surface area contributed by atoms with Crippen LogP contribution in [0.1, 0.15) is 0 Å². The SMILES string of the molecule is O=P([O-])(O)O.O=S(O)S(=O)O.[Na+]. The third-order valence-electron chi connectivity index (χ3n) is 0.122. The third kappa shape index (κ3) is 42.6. The average molecular weight is 250 g/mol. The molecule has 2 unspecified atom stereocenters. The van der Waals surface area contributed by atoms with E-state index in [4.69, 9.17) is 28.4 Å². The summed E-state index contributed by atoms with van der Waals surface area (Å²) >= 11 is 0. The van der Waals surface area contributed by atoms with Crippen LogP contribution in [0.3, 0.4) is 0 Å². The molecule has 0 aromatic carbocycles. The molecule has 0 radical (unpaired) electrons. The standard InChI is InChI=1S/Na.H3O4P.H2O4S2/c;1-5(2,3)4;1-5(2)6(3)4/h;(H3,1,2,3,4);(H,1,2)(H,3,4)/q+1;;/p-1. The quantitative estimate of drug-likeness (QED) is 0.156. The molecule has 0 aliphatic rings. The van der Waals surface area contributed by atoms with Gasteiger partial charge in [0.25, 0.3) is 28.0 Å². The van der Waals surface area contributed by atoms with Crippen LogP contribution in [-0.4, -0.2) is 27.3 Å². The van der Waals surface area contributed by atoms with Gasteiger partial charge in [-0.05, 0) is 0 Å². The summed E-state index contributed by atoms with van der Waals surface area (Å²) in [6.45, 7) is 0. The second-order valence-electron chi connectivity index (χ2n) is 0.925. The molecule has 70 valence electrons. The van der Waals surface area contributed by atoms with E-state index in [1.165, 1.54) is 0 Å². The smallest absolute Gasteiger partial charge is 0.756 e. The van der Waals surface area contributed by atoms with Crippen molar-refractivity contribution in [3.8, 4) is 0 Å². The van der Waals surface area contributed by atoms with E-state index < -0.39 is 28.0 Å². The molecule has 0 rings (SSSR count). The van der Waals surface area contributed by atoms with Gasteiger partial charge in [-0.25, -0.2) is 8.42 Å². The van der Waals surface area contributed by atoms with Crippen molar-refractivity contribution in [3.05, 3.63) is 0 Å². The van der Waals surface area contributed by atoms with Gasteiger partial charge in [0.15, 0.2) is 0 Å². The first kappa shape index (κ1) is 19.0. The van der Waals surface area contributed by atoms with Crippen molar-refractivity contribution >= 4 is 28.0 Å². The van der Waals surface area contributed by atoms with E-state index in [1.807, 2.05) is 0 Å². The van der Waals surface area contributed by atoms with Crippen molar-refractivity contribution < 1.29 is 66.3 Å². The van der Waals surface area contributed by atoms with Crippen LogP contribution in [0.15, 0.2) is 0 Å². The molecule has 0 amide bonds. The molecule has 0 fully saturated rings. The summed E-state index contributed by atoms with van der Waals surface area (Å²) in [4.78, 5) is 22.9. The second-order valence-corrected chi connectivity index (χ2v) is 4.49. The second kappa shape index (κ2) is 8.91. The van der Waals surface area contributed by atoms with E-state index in [0.717, 1.165) is 0 Å². The minimum Gasteiger partial charge on any atom is -0.756 e. The van der Waals surface area contributed by atoms with Gasteiger partial charge >= 0.3 is 29.6 Å². The average Bonchev–Trinajstić information content (AvgIpc) is 1.59. The number of hydrogen-bond donors (Lipinski definition) is 4. The fourth-order valence-electron chi connectivity index (χ4n) is 0. The molecule has 0 heterocycles. The molecule has 0 bridgehead atoms. The van der Waals surface area contributed by atoms with E-state index in [1.54, 1.807) is 0 Å². The Kier molecular flexibility index (Phi) is 14.1. The predicted octanol–water partition coefficient (Wildman–Crippen LogP) is -5.21. The third-order valence-corrected chi connectivity index (χ3v) is 1.10. The summed E-state index contributed by atoms with van der Waals surface area (Å²) in [5.41, 5.74) is 0. The minimum absolute atomic E-state index is 0. The van der Waals surface area contributed by atoms with Gasteiger partial charge in [0.1, 0.15) is 0 Å². The monoisotopic (exact) mass is 250 g/mol. The first-order valence-electron chi connectivity index (χ1n) is 1.63. The van der Waals surface area contributed by atoms with Crippen molar-refractivity contribution in [2.45, 2.75) is 0 Å². The Hall–Kier alpha value is 1.33. The Morgan fingerprint density at radius 3 is 1.17 bits per heavy atom. The largest absolute Gasteiger partial charge is 1.00 e. The molecule has 0 aromatic heterocycles. The van der Waals surface area contributed by atoms with Gasteiger partial charge in [0.2, 0.25) is 0 Å². The Balaban J connectivity index is -0.000000126. The summed E-state index contributed by atoms with van der Waals surface area (Å²) in [5, 5.41) is 0. The predicted molar refractivity (Wildman–Crippen MR) is 33.6 cm³/mol. The fourth-order valence-corrected chi connectivity index (χ4v) is 0. The van der Waals surface area contributed by atoms with Gasteiger partial charge in [-0.3, -0.25) is 13.7 Å². The molecule has 0 spiro atoms. The molecule has 12 heavy (non-hydrogen) atoms. The summed E-state index contributed by atoms with van der Waals surface area (Å²) in [6.07, 6.45) is 0. The van der Waals surface area contributed by atoms with Crippen molar-refractivity contribution in [2.24, 2.45) is 0 Å². The van der Waals surface area contributed by atoms with E-state index in [-0.39, 0.29) is 29.6 Å². The van der Waals surface area contributed by atoms with Crippen LogP contribution in [-0.2, 0) is 24.8 Å². The van der Waals surface area contributed by atoms with Gasteiger partial charge < -0.3 is 14.7 Å². The molecule has 8 nitrogen and oxygen atoms in total. The van der Waals surface area contributed by atoms with Gasteiger partial charge in [-0.1, -0.05) is 0 Å². The Labute approximate surface area is 93.9 Å². The zero-order valence-electron chi connectivity index (χ0n) is 5.69. The normalized spacial score (nSPS) is 14.8. The van der Waals surface area contributed by atoms with Crippen molar-refractivity contribution in [3.63, 3.8) is 0 Å². The maximum atomic E-state index is 9.26. The van der Waals surface area contributed by atoms with Crippen molar-refractivity contribution in [2.75, 3.05) is 0 Å². The fraction of sp³-hybridized carbons (Fsp3) is 0. The first-order chi connectivity index (χ1) is 4.64. The molecular formula is H4NaO8PS2. The van der Waals surface area contributed by atoms with E-state index in [0.29, 0.717) is 0 Å². The summed E-state index contributed by atoms with van der Waals surface area (Å²) < 4.78 is 42.4. The maximum Gasteiger partial charge on any atom is 1.00 e. The van der Waals surface area contributed by atoms with E-state index in [2.05, 4.69) is 0 Å². The molecule has 2 atom stereocenters. The number of phosphoric acid groups is 1. The molecule has 0 saturated heterocycles. The van der Waals surface area contributed by atoms with Gasteiger partial charge in [0, 0.05) is 0 Å². The Morgan fingerprint density at radius 2 is 1.17 bits per heavy atom. The minimum atomic E-state index is -4.89. The molecule has 4 N–H and O–H groups in total. The number of hydrogen-bond acceptors (Lipinski definition) is 4. The topological polar surface area (TPSA) is 155 Å². The van der Waals surface area contributed by atoms with Crippen LogP contribution in [0.5, 0.6) is 0 Å². The first-order valence-corrected chi connectivity index (χ1v) is 5.89. The summed E-state index contributed by atoms with van der Waals surface area (Å²) in [5.74, 6) is 0. The van der Waals surface area contributed by atoms with Crippen LogP contribution in [0.2, 0.25) is 0 Å². The van der Waals surface area contributed by atoms with Crippen LogP contribution >= 0.6 is 7.82 Å². The summed E-state index contributed by atoms with van der Waals surface area (Å²) in [6, 6.07) is 0.